The number of halogens is 1. The minimum Gasteiger partial charge on any atom is -0.463 e. The highest BCUT2D eigenvalue weighted by Gasteiger charge is 2.21. The van der Waals surface area contributed by atoms with Gasteiger partial charge in [0.05, 0.1) is 17.0 Å². The zero-order valence-corrected chi connectivity index (χ0v) is 17.3. The number of carbonyl (C=O) groups is 1. The standard InChI is InChI=1S/C24H22ClN3O2/c1-17(13-14-18-8-3-2-4-9-18)26-24(29)22-16-20(23-12-7-15-30-23)27-28(22)21-11-6-5-10-19(21)25/h2-12,15-17H,13-14H2,1H3,(H,26,29). The third-order valence-corrected chi connectivity index (χ3v) is 5.20. The van der Waals surface area contributed by atoms with Crippen LogP contribution in [0.2, 0.25) is 5.02 Å². The number of hydrogen-bond acceptors (Lipinski definition) is 3. The minimum absolute atomic E-state index is 0.000589. The van der Waals surface area contributed by atoms with Crippen LogP contribution in [0.5, 0.6) is 0 Å². The van der Waals surface area contributed by atoms with E-state index in [0.29, 0.717) is 27.9 Å². The van der Waals surface area contributed by atoms with Crippen LogP contribution in [-0.2, 0) is 6.42 Å². The van der Waals surface area contributed by atoms with Crippen LogP contribution in [-0.4, -0.2) is 21.7 Å². The van der Waals surface area contributed by atoms with Gasteiger partial charge >= 0.3 is 0 Å². The Morgan fingerprint density at radius 2 is 1.87 bits per heavy atom. The van der Waals surface area contributed by atoms with E-state index in [4.69, 9.17) is 16.0 Å². The highest BCUT2D eigenvalue weighted by Crippen LogP contribution is 2.26. The fourth-order valence-corrected chi connectivity index (χ4v) is 3.51. The number of aromatic nitrogens is 2. The molecule has 4 aromatic rings. The van der Waals surface area contributed by atoms with Crippen molar-refractivity contribution >= 4 is 17.5 Å². The molecule has 4 rings (SSSR count). The van der Waals surface area contributed by atoms with E-state index in [9.17, 15) is 4.79 Å². The van der Waals surface area contributed by atoms with Crippen LogP contribution in [0.1, 0.15) is 29.4 Å². The highest BCUT2D eigenvalue weighted by atomic mass is 35.5. The number of hydrogen-bond donors (Lipinski definition) is 1. The van der Waals surface area contributed by atoms with Crippen LogP contribution in [0, 0.1) is 0 Å². The molecule has 2 aromatic heterocycles. The first-order valence-corrected chi connectivity index (χ1v) is 10.2. The van der Waals surface area contributed by atoms with Gasteiger partial charge in [-0.1, -0.05) is 54.1 Å². The maximum absolute atomic E-state index is 13.1. The number of benzene rings is 2. The summed E-state index contributed by atoms with van der Waals surface area (Å²) in [6.45, 7) is 2.00. The Bertz CT molecular complexity index is 1120. The van der Waals surface area contributed by atoms with Crippen LogP contribution in [0.4, 0.5) is 0 Å². The highest BCUT2D eigenvalue weighted by molar-refractivity contribution is 6.32. The summed E-state index contributed by atoms with van der Waals surface area (Å²) in [5.74, 6) is 0.382. The van der Waals surface area contributed by atoms with Crippen LogP contribution in [0.3, 0.4) is 0 Å². The van der Waals surface area contributed by atoms with Crippen LogP contribution < -0.4 is 5.32 Å². The summed E-state index contributed by atoms with van der Waals surface area (Å²) in [5.41, 5.74) is 2.86. The molecule has 1 atom stereocenters. The van der Waals surface area contributed by atoms with E-state index >= 15 is 0 Å². The number of carbonyl (C=O) groups excluding carboxylic acids is 1. The van der Waals surface area contributed by atoms with Crippen molar-refractivity contribution < 1.29 is 9.21 Å². The third-order valence-electron chi connectivity index (χ3n) is 4.88. The molecule has 30 heavy (non-hydrogen) atoms. The lowest BCUT2D eigenvalue weighted by atomic mass is 10.1. The number of nitrogens with one attached hydrogen (secondary N) is 1. The summed E-state index contributed by atoms with van der Waals surface area (Å²) < 4.78 is 7.03. The normalized spacial score (nSPS) is 11.9. The first-order chi connectivity index (χ1) is 14.6. The number of nitrogens with zero attached hydrogens (tertiary/aromatic N) is 2. The van der Waals surface area contributed by atoms with E-state index < -0.39 is 0 Å². The number of furan rings is 1. The molecule has 2 aromatic carbocycles. The second kappa shape index (κ2) is 9.01. The van der Waals surface area contributed by atoms with E-state index in [1.165, 1.54) is 5.56 Å². The van der Waals surface area contributed by atoms with Crippen molar-refractivity contribution in [1.82, 2.24) is 15.1 Å². The summed E-state index contributed by atoms with van der Waals surface area (Å²) in [7, 11) is 0. The largest absolute Gasteiger partial charge is 0.463 e. The van der Waals surface area contributed by atoms with Crippen molar-refractivity contribution in [2.24, 2.45) is 0 Å². The van der Waals surface area contributed by atoms with Gasteiger partial charge in [-0.25, -0.2) is 4.68 Å². The predicted molar refractivity (Wildman–Crippen MR) is 118 cm³/mol. The second-order valence-corrected chi connectivity index (χ2v) is 7.56. The van der Waals surface area contributed by atoms with E-state index in [-0.39, 0.29) is 11.9 Å². The lowest BCUT2D eigenvalue weighted by Crippen LogP contribution is -2.34. The molecule has 0 radical (unpaired) electrons. The van der Waals surface area contributed by atoms with Gasteiger partial charge in [-0.05, 0) is 49.6 Å². The second-order valence-electron chi connectivity index (χ2n) is 7.15. The van der Waals surface area contributed by atoms with Crippen molar-refractivity contribution in [1.29, 1.82) is 0 Å². The fourth-order valence-electron chi connectivity index (χ4n) is 3.29. The van der Waals surface area contributed by atoms with Crippen molar-refractivity contribution in [2.75, 3.05) is 0 Å². The Labute approximate surface area is 180 Å². The molecule has 2 heterocycles. The molecule has 0 aliphatic heterocycles. The molecule has 0 aliphatic rings. The molecule has 6 heteroatoms. The summed E-state index contributed by atoms with van der Waals surface area (Å²) >= 11 is 6.38. The lowest BCUT2D eigenvalue weighted by molar-refractivity contribution is 0.0930. The molecule has 0 aliphatic carbocycles. The van der Waals surface area contributed by atoms with Gasteiger partial charge in [0.1, 0.15) is 11.4 Å². The molecule has 5 nitrogen and oxygen atoms in total. The molecule has 0 saturated carbocycles. The van der Waals surface area contributed by atoms with Gasteiger partial charge in [-0.3, -0.25) is 4.79 Å². The van der Waals surface area contributed by atoms with Crippen molar-refractivity contribution in [3.8, 4) is 17.1 Å². The maximum Gasteiger partial charge on any atom is 0.270 e. The van der Waals surface area contributed by atoms with Crippen molar-refractivity contribution in [3.63, 3.8) is 0 Å². The Morgan fingerprint density at radius 1 is 1.10 bits per heavy atom. The third kappa shape index (κ3) is 4.47. The van der Waals surface area contributed by atoms with Gasteiger partial charge in [-0.15, -0.1) is 0 Å². The lowest BCUT2D eigenvalue weighted by Gasteiger charge is -2.15. The van der Waals surface area contributed by atoms with Gasteiger partial charge in [0, 0.05) is 12.1 Å². The molecule has 152 valence electrons. The predicted octanol–water partition coefficient (Wildman–Crippen LogP) is 5.54. The number of aryl methyl sites for hydroxylation is 1. The molecular weight excluding hydrogens is 398 g/mol. The Hall–Kier alpha value is -3.31. The van der Waals surface area contributed by atoms with Gasteiger partial charge in [0.25, 0.3) is 5.91 Å². The zero-order chi connectivity index (χ0) is 20.9. The van der Waals surface area contributed by atoms with Crippen molar-refractivity contribution in [2.45, 2.75) is 25.8 Å². The van der Waals surface area contributed by atoms with Gasteiger partial charge in [-0.2, -0.15) is 5.10 Å². The fraction of sp³-hybridized carbons (Fsp3) is 0.167. The van der Waals surface area contributed by atoms with Crippen molar-refractivity contribution in [3.05, 3.63) is 95.3 Å². The maximum atomic E-state index is 13.1. The van der Waals surface area contributed by atoms with Gasteiger partial charge < -0.3 is 9.73 Å². The molecular formula is C24H22ClN3O2. The Balaban J connectivity index is 1.57. The molecule has 0 spiro atoms. The van der Waals surface area contributed by atoms with Crippen LogP contribution in [0.25, 0.3) is 17.1 Å². The summed E-state index contributed by atoms with van der Waals surface area (Å²) in [4.78, 5) is 13.1. The Morgan fingerprint density at radius 3 is 2.60 bits per heavy atom. The summed E-state index contributed by atoms with van der Waals surface area (Å²) in [5, 5.41) is 8.18. The average Bonchev–Trinajstić information content (AvgIpc) is 3.43. The first kappa shape index (κ1) is 20.0. The topological polar surface area (TPSA) is 60.1 Å². The molecule has 1 amide bonds. The van der Waals surface area contributed by atoms with Gasteiger partial charge in [0.15, 0.2) is 5.76 Å². The van der Waals surface area contributed by atoms with Crippen LogP contribution in [0.15, 0.2) is 83.5 Å². The molecule has 0 bridgehead atoms. The smallest absolute Gasteiger partial charge is 0.270 e. The molecule has 1 N–H and O–H groups in total. The van der Waals surface area contributed by atoms with E-state index in [1.54, 1.807) is 29.1 Å². The first-order valence-electron chi connectivity index (χ1n) is 9.85. The zero-order valence-electron chi connectivity index (χ0n) is 16.6. The quantitative estimate of drug-likeness (QED) is 0.428. The van der Waals surface area contributed by atoms with Crippen LogP contribution >= 0.6 is 11.6 Å². The number of rotatable bonds is 7. The molecule has 0 saturated heterocycles. The van der Waals surface area contributed by atoms with E-state index in [2.05, 4.69) is 22.5 Å². The van der Waals surface area contributed by atoms with Gasteiger partial charge in [0.2, 0.25) is 0 Å². The molecule has 1 unspecified atom stereocenters. The monoisotopic (exact) mass is 419 g/mol. The number of amides is 1. The summed E-state index contributed by atoms with van der Waals surface area (Å²) in [6.07, 6.45) is 3.31. The molecule has 0 fully saturated rings. The van der Waals surface area contributed by atoms with E-state index in [1.807, 2.05) is 49.4 Å². The summed E-state index contributed by atoms with van der Waals surface area (Å²) in [6, 6.07) is 22.9. The Kier molecular flexibility index (Phi) is 6.00. The minimum atomic E-state index is -0.208. The number of para-hydroxylation sites is 1. The van der Waals surface area contributed by atoms with E-state index in [0.717, 1.165) is 12.8 Å². The average molecular weight is 420 g/mol. The SMILES string of the molecule is CC(CCc1ccccc1)NC(=O)c1cc(-c2ccco2)nn1-c1ccccc1Cl.